The van der Waals surface area contributed by atoms with Crippen LogP contribution in [-0.2, 0) is 0 Å². The molecule has 21 rings (SSSR count). The van der Waals surface area contributed by atoms with Crippen LogP contribution in [0.3, 0.4) is 0 Å². The molecule has 0 radical (unpaired) electrons. The van der Waals surface area contributed by atoms with Crippen molar-refractivity contribution in [2.45, 2.75) is 0 Å². The van der Waals surface area contributed by atoms with Gasteiger partial charge < -0.3 is 18.6 Å². The smallest absolute Gasteiger partial charge is 0.252 e. The van der Waals surface area contributed by atoms with Gasteiger partial charge in [-0.25, -0.2) is 0 Å². The van der Waals surface area contributed by atoms with Gasteiger partial charge in [-0.05, 0) is 121 Å². The van der Waals surface area contributed by atoms with E-state index in [0.29, 0.717) is 0 Å². The molecule has 0 amide bonds. The molecular formula is C96H59BN2O2S. The van der Waals surface area contributed by atoms with E-state index in [1.807, 2.05) is 11.3 Å². The van der Waals surface area contributed by atoms with Crippen molar-refractivity contribution in [1.82, 2.24) is 0 Å². The highest BCUT2D eigenvalue weighted by Crippen LogP contribution is 2.57. The van der Waals surface area contributed by atoms with Crippen LogP contribution < -0.4 is 26.2 Å². The standard InChI is InChI=1S/C96H59BN2O2S/c1-5-25-60(26-6-1)64-33-19-35-66(55-64)72-42-21-40-70(62-29-9-3-10-30-62)91(72)98-84-57-68(74-44-23-46-79-76-37-13-16-48-87(76)100-94(74)79)51-53-82(84)97-83-54-52-69(75-45-24-47-80-77-38-14-17-49-88(77)101-95(75)80)58-85(83)99(93-90(97)86(98)59-81-78-39-15-18-50-89(78)102-96(81)93)92-71(63-31-11-4-12-32-63)41-22-43-73(92)67-36-20-34-65(56-67)61-27-7-2-8-28-61/h1-59H. The van der Waals surface area contributed by atoms with E-state index in [9.17, 15) is 0 Å². The minimum absolute atomic E-state index is 0.281. The summed E-state index contributed by atoms with van der Waals surface area (Å²) in [6.07, 6.45) is 0. The molecule has 0 saturated heterocycles. The van der Waals surface area contributed by atoms with Gasteiger partial charge in [-0.1, -0.05) is 309 Å². The van der Waals surface area contributed by atoms with Crippen molar-refractivity contribution in [2.24, 2.45) is 0 Å². The van der Waals surface area contributed by atoms with Crippen molar-refractivity contribution in [1.29, 1.82) is 0 Å². The number of nitrogens with zero attached hydrogens (tertiary/aromatic N) is 2. The third kappa shape index (κ3) is 9.10. The molecule has 0 atom stereocenters. The second kappa shape index (κ2) is 23.3. The SMILES string of the molecule is c1ccc(-c2cccc(-c3cccc(-c4ccccc4)c3N3c4cc(-c5cccc6c5oc5ccccc56)ccc4B4c5ccc(-c6cccc7c6oc6ccccc67)cc5N(c5c(-c6ccccc6)cccc5-c5cccc(-c6ccccc6)c5)c5c4c3cc3c5sc4ccccc43)c2)cc1. The van der Waals surface area contributed by atoms with Gasteiger partial charge in [0.15, 0.2) is 0 Å². The van der Waals surface area contributed by atoms with Crippen molar-refractivity contribution >= 4 is 133 Å². The number of thiophene rings is 1. The molecule has 0 unspecified atom stereocenters. The Balaban J connectivity index is 0.931. The van der Waals surface area contributed by atoms with E-state index >= 15 is 0 Å². The highest BCUT2D eigenvalue weighted by molar-refractivity contribution is 7.26. The zero-order valence-electron chi connectivity index (χ0n) is 55.3. The van der Waals surface area contributed by atoms with E-state index in [0.717, 1.165) is 167 Å². The number of rotatable bonds is 10. The van der Waals surface area contributed by atoms with Crippen molar-refractivity contribution in [3.63, 3.8) is 0 Å². The Morgan fingerprint density at radius 3 is 1.13 bits per heavy atom. The van der Waals surface area contributed by atoms with Gasteiger partial charge in [-0.15, -0.1) is 11.3 Å². The van der Waals surface area contributed by atoms with Crippen molar-refractivity contribution in [3.05, 3.63) is 358 Å². The first-order chi connectivity index (χ1) is 50.6. The number of para-hydroxylation sites is 6. The molecule has 0 fully saturated rings. The number of fused-ring (bicyclic) bond motifs is 14. The summed E-state index contributed by atoms with van der Waals surface area (Å²) in [4.78, 5) is 5.39. The summed E-state index contributed by atoms with van der Waals surface area (Å²) in [5, 5.41) is 6.77. The monoisotopic (exact) mass is 1310 g/mol. The fourth-order valence-electron chi connectivity index (χ4n) is 16.7. The average Bonchev–Trinajstić information content (AvgIpc) is 1.12. The lowest BCUT2D eigenvalue weighted by Crippen LogP contribution is -2.61. The number of hydrogen-bond donors (Lipinski definition) is 0. The number of benzene rings is 16. The Labute approximate surface area is 594 Å². The van der Waals surface area contributed by atoms with Gasteiger partial charge in [0.05, 0.1) is 21.8 Å². The minimum atomic E-state index is -0.281. The third-order valence-corrected chi connectivity index (χ3v) is 22.5. The lowest BCUT2D eigenvalue weighted by atomic mass is 9.33. The van der Waals surface area contributed by atoms with Crippen LogP contribution in [0.25, 0.3) is 153 Å². The molecule has 5 heterocycles. The van der Waals surface area contributed by atoms with Crippen LogP contribution in [0.15, 0.2) is 367 Å². The molecule has 3 aromatic heterocycles. The van der Waals surface area contributed by atoms with E-state index in [4.69, 9.17) is 8.83 Å². The summed E-state index contributed by atoms with van der Waals surface area (Å²) in [7, 11) is 0. The van der Waals surface area contributed by atoms with Crippen molar-refractivity contribution in [3.8, 4) is 89.0 Å². The molecular weight excluding hydrogens is 1260 g/mol. The van der Waals surface area contributed by atoms with Crippen LogP contribution in [0.5, 0.6) is 0 Å². The quantitative estimate of drug-likeness (QED) is 0.128. The highest BCUT2D eigenvalue weighted by Gasteiger charge is 2.47. The van der Waals surface area contributed by atoms with Gasteiger partial charge in [-0.2, -0.15) is 0 Å². The fraction of sp³-hybridized carbons (Fsp3) is 0. The van der Waals surface area contributed by atoms with Gasteiger partial charge in [-0.3, -0.25) is 0 Å². The molecule has 2 aliphatic rings. The summed E-state index contributed by atoms with van der Waals surface area (Å²) in [5.74, 6) is 0. The Hall–Kier alpha value is -13.0. The predicted octanol–water partition coefficient (Wildman–Crippen LogP) is 25.3. The Kier molecular flexibility index (Phi) is 13.3. The minimum Gasteiger partial charge on any atom is -0.455 e. The fourth-order valence-corrected chi connectivity index (χ4v) is 17.9. The maximum absolute atomic E-state index is 6.99. The number of hydrogen-bond acceptors (Lipinski definition) is 5. The molecule has 16 aromatic carbocycles. The van der Waals surface area contributed by atoms with Crippen LogP contribution in [-0.4, -0.2) is 6.71 Å². The maximum atomic E-state index is 6.99. The first kappa shape index (κ1) is 58.0. The molecule has 4 nitrogen and oxygen atoms in total. The average molecular weight is 1320 g/mol. The highest BCUT2D eigenvalue weighted by atomic mass is 32.1. The Morgan fingerprint density at radius 2 is 0.608 bits per heavy atom. The van der Waals surface area contributed by atoms with Gasteiger partial charge in [0.25, 0.3) is 6.71 Å². The van der Waals surface area contributed by atoms with Crippen molar-refractivity contribution < 1.29 is 8.83 Å². The molecule has 474 valence electrons. The molecule has 0 bridgehead atoms. The van der Waals surface area contributed by atoms with Crippen LogP contribution in [0.1, 0.15) is 0 Å². The lowest BCUT2D eigenvalue weighted by molar-refractivity contribution is 0.669. The summed E-state index contributed by atoms with van der Waals surface area (Å²) in [6.45, 7) is -0.281. The second-order valence-electron chi connectivity index (χ2n) is 26.9. The molecule has 0 N–H and O–H groups in total. The van der Waals surface area contributed by atoms with E-state index in [1.54, 1.807) is 0 Å². The molecule has 0 saturated carbocycles. The largest absolute Gasteiger partial charge is 0.455 e. The van der Waals surface area contributed by atoms with Crippen LogP contribution in [0.4, 0.5) is 34.1 Å². The summed E-state index contributed by atoms with van der Waals surface area (Å²) in [6, 6.07) is 132. The second-order valence-corrected chi connectivity index (χ2v) is 27.9. The number of anilines is 6. The molecule has 2 aliphatic heterocycles. The Bertz CT molecular complexity index is 6580. The van der Waals surface area contributed by atoms with Crippen LogP contribution in [0.2, 0.25) is 0 Å². The van der Waals surface area contributed by atoms with Gasteiger partial charge >= 0.3 is 0 Å². The van der Waals surface area contributed by atoms with E-state index in [2.05, 4.69) is 368 Å². The number of furan rings is 2. The molecule has 19 aromatic rings. The van der Waals surface area contributed by atoms with E-state index in [1.165, 1.54) is 36.6 Å². The molecule has 102 heavy (non-hydrogen) atoms. The first-order valence-electron chi connectivity index (χ1n) is 35.0. The summed E-state index contributed by atoms with van der Waals surface area (Å²) >= 11 is 1.90. The molecule has 0 spiro atoms. The van der Waals surface area contributed by atoms with E-state index < -0.39 is 0 Å². The maximum Gasteiger partial charge on any atom is 0.252 e. The van der Waals surface area contributed by atoms with Crippen LogP contribution in [0, 0.1) is 0 Å². The van der Waals surface area contributed by atoms with Crippen molar-refractivity contribution in [2.75, 3.05) is 9.80 Å². The van der Waals surface area contributed by atoms with Gasteiger partial charge in [0, 0.05) is 87.5 Å². The summed E-state index contributed by atoms with van der Waals surface area (Å²) < 4.78 is 16.4. The Morgan fingerprint density at radius 1 is 0.235 bits per heavy atom. The van der Waals surface area contributed by atoms with Gasteiger partial charge in [0.2, 0.25) is 0 Å². The lowest BCUT2D eigenvalue weighted by Gasteiger charge is -2.46. The summed E-state index contributed by atoms with van der Waals surface area (Å²) in [5.41, 5.74) is 31.5. The normalized spacial score (nSPS) is 12.5. The van der Waals surface area contributed by atoms with E-state index in [-0.39, 0.29) is 6.71 Å². The molecule has 6 heteroatoms. The van der Waals surface area contributed by atoms with Crippen LogP contribution >= 0.6 is 11.3 Å². The molecule has 0 aliphatic carbocycles. The van der Waals surface area contributed by atoms with Gasteiger partial charge in [0.1, 0.15) is 22.3 Å². The first-order valence-corrected chi connectivity index (χ1v) is 35.8. The third-order valence-electron chi connectivity index (χ3n) is 21.3. The topological polar surface area (TPSA) is 32.8 Å². The zero-order valence-corrected chi connectivity index (χ0v) is 56.1. The zero-order chi connectivity index (χ0) is 66.9. The predicted molar refractivity (Wildman–Crippen MR) is 431 cm³/mol.